The number of phenols is 1. The predicted molar refractivity (Wildman–Crippen MR) is 83.9 cm³/mol. The van der Waals surface area contributed by atoms with Gasteiger partial charge in [0.1, 0.15) is 17.2 Å². The monoisotopic (exact) mass is 294 g/mol. The van der Waals surface area contributed by atoms with Gasteiger partial charge in [-0.05, 0) is 54.1 Å². The van der Waals surface area contributed by atoms with Crippen molar-refractivity contribution in [3.8, 4) is 34.0 Å². The van der Waals surface area contributed by atoms with Crippen LogP contribution in [0.15, 0.2) is 59.5 Å². The summed E-state index contributed by atoms with van der Waals surface area (Å²) in [6, 6.07) is 13.7. The van der Waals surface area contributed by atoms with E-state index >= 15 is 0 Å². The molecule has 0 bridgehead atoms. The van der Waals surface area contributed by atoms with Gasteiger partial charge in [0.15, 0.2) is 0 Å². The van der Waals surface area contributed by atoms with E-state index in [1.54, 1.807) is 61.8 Å². The van der Waals surface area contributed by atoms with Crippen LogP contribution in [-0.4, -0.2) is 22.2 Å². The van der Waals surface area contributed by atoms with E-state index in [2.05, 4.69) is 9.97 Å². The summed E-state index contributed by atoms with van der Waals surface area (Å²) in [5.74, 6) is 0.898. The minimum Gasteiger partial charge on any atom is -0.508 e. The van der Waals surface area contributed by atoms with E-state index in [0.29, 0.717) is 11.4 Å². The number of hydrogen-bond donors (Lipinski definition) is 2. The van der Waals surface area contributed by atoms with E-state index < -0.39 is 0 Å². The second-order valence-electron chi connectivity index (χ2n) is 4.75. The first-order valence-electron chi connectivity index (χ1n) is 6.70. The van der Waals surface area contributed by atoms with Crippen LogP contribution in [-0.2, 0) is 0 Å². The molecule has 2 aromatic carbocycles. The molecule has 1 aromatic heterocycles. The molecule has 110 valence electrons. The topological polar surface area (TPSA) is 75.2 Å². The number of aromatic amines is 1. The van der Waals surface area contributed by atoms with Crippen molar-refractivity contribution in [3.05, 3.63) is 65.1 Å². The van der Waals surface area contributed by atoms with Crippen LogP contribution in [0.1, 0.15) is 0 Å². The lowest BCUT2D eigenvalue weighted by molar-refractivity contribution is 0.415. The number of phenolic OH excluding ortho intramolecular Hbond substituents is 1. The Kier molecular flexibility index (Phi) is 3.62. The van der Waals surface area contributed by atoms with Gasteiger partial charge >= 0.3 is 0 Å². The Morgan fingerprint density at radius 1 is 1.00 bits per heavy atom. The Morgan fingerprint density at radius 2 is 1.64 bits per heavy atom. The molecule has 3 rings (SSSR count). The van der Waals surface area contributed by atoms with Gasteiger partial charge in [-0.2, -0.15) is 0 Å². The second kappa shape index (κ2) is 5.73. The van der Waals surface area contributed by atoms with Gasteiger partial charge in [-0.25, -0.2) is 4.98 Å². The molecule has 0 spiro atoms. The number of aromatic nitrogens is 2. The van der Waals surface area contributed by atoms with Crippen LogP contribution in [0.4, 0.5) is 0 Å². The summed E-state index contributed by atoms with van der Waals surface area (Å²) in [5.41, 5.74) is 2.19. The van der Waals surface area contributed by atoms with E-state index in [1.165, 1.54) is 0 Å². The Morgan fingerprint density at radius 3 is 2.23 bits per heavy atom. The average Bonchev–Trinajstić information content (AvgIpc) is 2.56. The molecule has 0 aliphatic heterocycles. The largest absolute Gasteiger partial charge is 0.508 e. The molecule has 0 radical (unpaired) electrons. The molecule has 0 fully saturated rings. The molecular formula is C17H14N2O3. The van der Waals surface area contributed by atoms with Crippen molar-refractivity contribution in [2.24, 2.45) is 0 Å². The zero-order chi connectivity index (χ0) is 15.5. The highest BCUT2D eigenvalue weighted by Gasteiger charge is 2.07. The summed E-state index contributed by atoms with van der Waals surface area (Å²) in [5, 5.41) is 9.30. The van der Waals surface area contributed by atoms with Crippen molar-refractivity contribution in [2.75, 3.05) is 7.11 Å². The van der Waals surface area contributed by atoms with Crippen molar-refractivity contribution < 1.29 is 9.84 Å². The SMILES string of the molecule is COc1ccc(-c2ncc(-c3ccc(O)cc3)[nH]c2=O)cc1. The van der Waals surface area contributed by atoms with Gasteiger partial charge in [-0.15, -0.1) is 0 Å². The molecule has 22 heavy (non-hydrogen) atoms. The molecule has 2 N–H and O–H groups in total. The first-order valence-corrected chi connectivity index (χ1v) is 6.70. The molecule has 0 saturated heterocycles. The molecular weight excluding hydrogens is 280 g/mol. The first kappa shape index (κ1) is 13.9. The Labute approximate surface area is 126 Å². The molecule has 0 amide bonds. The third-order valence-corrected chi connectivity index (χ3v) is 3.33. The summed E-state index contributed by atoms with van der Waals surface area (Å²) < 4.78 is 5.10. The van der Waals surface area contributed by atoms with Gasteiger partial charge in [-0.3, -0.25) is 4.79 Å². The zero-order valence-corrected chi connectivity index (χ0v) is 11.9. The molecule has 5 nitrogen and oxygen atoms in total. The highest BCUT2D eigenvalue weighted by Crippen LogP contribution is 2.21. The molecule has 5 heteroatoms. The zero-order valence-electron chi connectivity index (χ0n) is 11.9. The molecule has 0 unspecified atom stereocenters. The van der Waals surface area contributed by atoms with E-state index in [1.807, 2.05) is 0 Å². The number of ether oxygens (including phenoxy) is 1. The lowest BCUT2D eigenvalue weighted by atomic mass is 10.1. The van der Waals surface area contributed by atoms with Gasteiger partial charge in [0.25, 0.3) is 5.56 Å². The van der Waals surface area contributed by atoms with E-state index in [9.17, 15) is 9.90 Å². The van der Waals surface area contributed by atoms with Crippen LogP contribution >= 0.6 is 0 Å². The van der Waals surface area contributed by atoms with Gasteiger partial charge in [0.2, 0.25) is 0 Å². The first-order chi connectivity index (χ1) is 10.7. The minimum absolute atomic E-state index is 0.175. The van der Waals surface area contributed by atoms with Crippen LogP contribution in [0.25, 0.3) is 22.5 Å². The number of nitrogens with zero attached hydrogens (tertiary/aromatic N) is 1. The summed E-state index contributed by atoms with van der Waals surface area (Å²) in [6.45, 7) is 0. The number of nitrogens with one attached hydrogen (secondary N) is 1. The van der Waals surface area contributed by atoms with Crippen LogP contribution < -0.4 is 10.3 Å². The van der Waals surface area contributed by atoms with Crippen molar-refractivity contribution >= 4 is 0 Å². The molecule has 1 heterocycles. The van der Waals surface area contributed by atoms with Crippen molar-refractivity contribution in [1.29, 1.82) is 0 Å². The molecule has 0 atom stereocenters. The predicted octanol–water partition coefficient (Wildman–Crippen LogP) is 2.82. The third kappa shape index (κ3) is 2.69. The van der Waals surface area contributed by atoms with Crippen molar-refractivity contribution in [1.82, 2.24) is 9.97 Å². The van der Waals surface area contributed by atoms with Crippen LogP contribution in [0.2, 0.25) is 0 Å². The van der Waals surface area contributed by atoms with Gasteiger partial charge in [0, 0.05) is 5.56 Å². The third-order valence-electron chi connectivity index (χ3n) is 3.33. The summed E-state index contributed by atoms with van der Waals surface area (Å²) >= 11 is 0. The summed E-state index contributed by atoms with van der Waals surface area (Å²) in [6.07, 6.45) is 1.60. The van der Waals surface area contributed by atoms with E-state index in [4.69, 9.17) is 4.74 Å². The quantitative estimate of drug-likeness (QED) is 0.779. The Balaban J connectivity index is 1.98. The standard InChI is InChI=1S/C17H14N2O3/c1-22-14-8-4-12(5-9-14)16-17(21)19-15(10-18-16)11-2-6-13(20)7-3-11/h2-10,20H,1H3,(H,19,21). The van der Waals surface area contributed by atoms with Crippen LogP contribution in [0.3, 0.4) is 0 Å². The molecule has 0 aliphatic rings. The fraction of sp³-hybridized carbons (Fsp3) is 0.0588. The van der Waals surface area contributed by atoms with Crippen molar-refractivity contribution in [2.45, 2.75) is 0 Å². The Hall–Kier alpha value is -3.08. The number of aromatic hydroxyl groups is 1. The number of rotatable bonds is 3. The van der Waals surface area contributed by atoms with Gasteiger partial charge in [0.05, 0.1) is 19.0 Å². The van der Waals surface area contributed by atoms with E-state index in [-0.39, 0.29) is 11.3 Å². The highest BCUT2D eigenvalue weighted by molar-refractivity contribution is 5.63. The Bertz CT molecular complexity index is 837. The van der Waals surface area contributed by atoms with Gasteiger partial charge in [-0.1, -0.05) is 0 Å². The number of H-pyrrole nitrogens is 1. The molecule has 3 aromatic rings. The second-order valence-corrected chi connectivity index (χ2v) is 4.75. The molecule has 0 saturated carbocycles. The van der Waals surface area contributed by atoms with Crippen LogP contribution in [0, 0.1) is 0 Å². The van der Waals surface area contributed by atoms with Crippen molar-refractivity contribution in [3.63, 3.8) is 0 Å². The minimum atomic E-state index is -0.268. The summed E-state index contributed by atoms with van der Waals surface area (Å²) in [7, 11) is 1.59. The normalized spacial score (nSPS) is 10.4. The highest BCUT2D eigenvalue weighted by atomic mass is 16.5. The lowest BCUT2D eigenvalue weighted by Gasteiger charge is -2.05. The smallest absolute Gasteiger partial charge is 0.274 e. The number of benzene rings is 2. The number of hydrogen-bond acceptors (Lipinski definition) is 4. The maximum Gasteiger partial charge on any atom is 0.274 e. The van der Waals surface area contributed by atoms with E-state index in [0.717, 1.165) is 16.9 Å². The molecule has 0 aliphatic carbocycles. The maximum atomic E-state index is 12.2. The fourth-order valence-electron chi connectivity index (χ4n) is 2.14. The maximum absolute atomic E-state index is 12.2. The number of methoxy groups -OCH3 is 1. The van der Waals surface area contributed by atoms with Crippen LogP contribution in [0.5, 0.6) is 11.5 Å². The summed E-state index contributed by atoms with van der Waals surface area (Å²) in [4.78, 5) is 19.3. The average molecular weight is 294 g/mol. The lowest BCUT2D eigenvalue weighted by Crippen LogP contribution is -2.11. The van der Waals surface area contributed by atoms with Gasteiger partial charge < -0.3 is 14.8 Å². The fourth-order valence-corrected chi connectivity index (χ4v) is 2.14.